The van der Waals surface area contributed by atoms with Crippen LogP contribution < -0.4 is 15.5 Å². The summed E-state index contributed by atoms with van der Waals surface area (Å²) in [6.45, 7) is 16.0. The van der Waals surface area contributed by atoms with Gasteiger partial charge in [-0.3, -0.25) is 5.41 Å². The normalized spacial score (nSPS) is 9.73. The van der Waals surface area contributed by atoms with E-state index in [0.717, 1.165) is 32.4 Å². The molecule has 0 aromatic heterocycles. The molecule has 7 heteroatoms. The molecule has 238 valence electrons. The van der Waals surface area contributed by atoms with Crippen LogP contribution in [0.2, 0.25) is 0 Å². The number of nitrogens with zero attached hydrogens (tertiary/aromatic N) is 3. The number of guanidine groups is 1. The third kappa shape index (κ3) is 14.2. The third-order valence-electron chi connectivity index (χ3n) is 5.60. The highest BCUT2D eigenvalue weighted by Crippen LogP contribution is 2.38. The van der Waals surface area contributed by atoms with Gasteiger partial charge >= 0.3 is 0 Å². The number of benzene rings is 4. The van der Waals surface area contributed by atoms with Gasteiger partial charge in [0.1, 0.15) is 5.84 Å². The van der Waals surface area contributed by atoms with Crippen molar-refractivity contribution in [3.8, 4) is 0 Å². The van der Waals surface area contributed by atoms with Crippen LogP contribution in [0, 0.1) is 5.41 Å². The number of para-hydroxylation sites is 2. The van der Waals surface area contributed by atoms with E-state index in [1.54, 1.807) is 21.6 Å². The predicted octanol–water partition coefficient (Wildman–Crippen LogP) is 11.3. The molecule has 0 bridgehead atoms. The van der Waals surface area contributed by atoms with Gasteiger partial charge in [-0.15, -0.1) is 0 Å². The number of aliphatic imine (C=N–C) groups is 1. The van der Waals surface area contributed by atoms with Gasteiger partial charge in [-0.2, -0.15) is 0 Å². The number of amidine groups is 1. The molecule has 4 aromatic rings. The zero-order chi connectivity index (χ0) is 33.3. The molecule has 0 radical (unpaired) electrons. The molecule has 0 spiro atoms. The maximum atomic E-state index is 8.53. The summed E-state index contributed by atoms with van der Waals surface area (Å²) < 4.78 is 0. The average Bonchev–Trinajstić information content (AvgIpc) is 3.11. The minimum atomic E-state index is 0.437. The molecule has 0 saturated carbocycles. The molecule has 0 atom stereocenters. The summed E-state index contributed by atoms with van der Waals surface area (Å²) in [5.41, 5.74) is 10.2. The second-order valence-electron chi connectivity index (χ2n) is 8.19. The Labute approximate surface area is 275 Å². The quantitative estimate of drug-likeness (QED) is 0.115. The van der Waals surface area contributed by atoms with Crippen molar-refractivity contribution in [2.24, 2.45) is 10.7 Å². The monoisotopic (exact) mass is 631 g/mol. The first-order valence-electron chi connectivity index (χ1n) is 15.5. The first-order chi connectivity index (χ1) is 21.5. The van der Waals surface area contributed by atoms with Crippen LogP contribution in [-0.4, -0.2) is 25.9 Å². The number of hydrogen-bond acceptors (Lipinski definition) is 4. The van der Waals surface area contributed by atoms with Gasteiger partial charge in [-0.25, -0.2) is 4.99 Å². The Hall–Kier alpha value is -3.68. The molecule has 4 rings (SSSR count). The fourth-order valence-electron chi connectivity index (χ4n) is 3.52. The average molecular weight is 632 g/mol. The number of anilines is 2. The molecule has 0 fully saturated rings. The highest BCUT2D eigenvalue weighted by molar-refractivity contribution is 8.76. The van der Waals surface area contributed by atoms with Crippen molar-refractivity contribution in [1.29, 1.82) is 5.41 Å². The second kappa shape index (κ2) is 24.7. The molecule has 0 heterocycles. The zero-order valence-corrected chi connectivity index (χ0v) is 30.0. The first kappa shape index (κ1) is 40.3. The van der Waals surface area contributed by atoms with Crippen molar-refractivity contribution in [1.82, 2.24) is 0 Å². The summed E-state index contributed by atoms with van der Waals surface area (Å²) in [6.07, 6.45) is 0.572. The number of nitrogens with one attached hydrogen (secondary N) is 1. The zero-order valence-electron chi connectivity index (χ0n) is 28.3. The standard InChI is InChI=1S/C29H29N5S2.4C2H6/c1-33(24-13-5-3-6-14-24)28(30)20-22-11-9-17-26(19-22)35-36-27-18-10-12-23(21-27)32-29(31)34(2)25-15-7-4-8-16-25;4*1-2/h3-19,21,30H,20H2,1-2H3,(H2,31,32);4*1-2H3. The molecular formula is C37H53N5S2. The summed E-state index contributed by atoms with van der Waals surface area (Å²) in [6, 6.07) is 36.4. The van der Waals surface area contributed by atoms with Crippen molar-refractivity contribution in [2.75, 3.05) is 23.9 Å². The number of nitrogens with two attached hydrogens (primary N) is 1. The lowest BCUT2D eigenvalue weighted by atomic mass is 10.1. The van der Waals surface area contributed by atoms with E-state index in [4.69, 9.17) is 11.1 Å². The van der Waals surface area contributed by atoms with E-state index >= 15 is 0 Å². The van der Waals surface area contributed by atoms with E-state index in [-0.39, 0.29) is 0 Å². The Kier molecular flexibility index (Phi) is 22.7. The van der Waals surface area contributed by atoms with E-state index in [2.05, 4.69) is 35.3 Å². The molecule has 4 aromatic carbocycles. The van der Waals surface area contributed by atoms with Crippen molar-refractivity contribution in [2.45, 2.75) is 71.6 Å². The number of hydrogen-bond donors (Lipinski definition) is 2. The molecule has 0 aliphatic heterocycles. The van der Waals surface area contributed by atoms with Gasteiger partial charge in [0.15, 0.2) is 0 Å². The molecule has 3 N–H and O–H groups in total. The molecule has 0 aliphatic carbocycles. The highest BCUT2D eigenvalue weighted by Gasteiger charge is 2.09. The Balaban J connectivity index is 0.00000214. The molecule has 0 unspecified atom stereocenters. The van der Waals surface area contributed by atoms with Gasteiger partial charge in [0.05, 0.1) is 5.69 Å². The van der Waals surface area contributed by atoms with Crippen molar-refractivity contribution < 1.29 is 0 Å². The fourth-order valence-corrected chi connectivity index (χ4v) is 5.55. The van der Waals surface area contributed by atoms with Crippen LogP contribution in [0.3, 0.4) is 0 Å². The Morgan fingerprint density at radius 2 is 1.07 bits per heavy atom. The minimum Gasteiger partial charge on any atom is -0.369 e. The van der Waals surface area contributed by atoms with Crippen molar-refractivity contribution in [3.05, 3.63) is 115 Å². The lowest BCUT2D eigenvalue weighted by Crippen LogP contribution is -2.33. The van der Waals surface area contributed by atoms with E-state index in [1.165, 1.54) is 0 Å². The topological polar surface area (TPSA) is 68.7 Å². The molecule has 5 nitrogen and oxygen atoms in total. The van der Waals surface area contributed by atoms with Gasteiger partial charge in [-0.1, -0.05) is 132 Å². The predicted molar refractivity (Wildman–Crippen MR) is 202 cm³/mol. The van der Waals surface area contributed by atoms with E-state index in [1.807, 2.05) is 158 Å². The van der Waals surface area contributed by atoms with Crippen LogP contribution in [0.5, 0.6) is 0 Å². The largest absolute Gasteiger partial charge is 0.369 e. The minimum absolute atomic E-state index is 0.437. The summed E-state index contributed by atoms with van der Waals surface area (Å²) in [4.78, 5) is 10.6. The Bertz CT molecular complexity index is 1330. The second-order valence-corrected chi connectivity index (χ2v) is 10.5. The van der Waals surface area contributed by atoms with Crippen LogP contribution in [-0.2, 0) is 6.42 Å². The van der Waals surface area contributed by atoms with Crippen molar-refractivity contribution >= 4 is 50.4 Å². The van der Waals surface area contributed by atoms with E-state index < -0.39 is 0 Å². The van der Waals surface area contributed by atoms with Gasteiger partial charge in [0.2, 0.25) is 5.96 Å². The first-order valence-corrected chi connectivity index (χ1v) is 17.7. The fraction of sp³-hybridized carbons (Fsp3) is 0.297. The molecular weight excluding hydrogens is 579 g/mol. The number of rotatable bonds is 8. The summed E-state index contributed by atoms with van der Waals surface area (Å²) in [7, 11) is 7.22. The van der Waals surface area contributed by atoms with Crippen LogP contribution >= 0.6 is 21.6 Å². The summed E-state index contributed by atoms with van der Waals surface area (Å²) in [5, 5.41) is 8.53. The maximum absolute atomic E-state index is 8.53. The lowest BCUT2D eigenvalue weighted by molar-refractivity contribution is 1.14. The van der Waals surface area contributed by atoms with Gasteiger partial charge in [0, 0.05) is 41.7 Å². The molecule has 0 amide bonds. The van der Waals surface area contributed by atoms with E-state index in [0.29, 0.717) is 18.2 Å². The molecule has 44 heavy (non-hydrogen) atoms. The van der Waals surface area contributed by atoms with Crippen molar-refractivity contribution in [3.63, 3.8) is 0 Å². The maximum Gasteiger partial charge on any atom is 0.200 e. The Morgan fingerprint density at radius 1 is 0.614 bits per heavy atom. The van der Waals surface area contributed by atoms with Crippen LogP contribution in [0.25, 0.3) is 0 Å². The van der Waals surface area contributed by atoms with E-state index in [9.17, 15) is 0 Å². The van der Waals surface area contributed by atoms with Gasteiger partial charge in [0.25, 0.3) is 0 Å². The summed E-state index contributed by atoms with van der Waals surface area (Å²) >= 11 is 0. The molecule has 0 aliphatic rings. The highest BCUT2D eigenvalue weighted by atomic mass is 33.1. The smallest absolute Gasteiger partial charge is 0.200 e. The number of likely N-dealkylation sites (N-methyl/N-ethyl adjacent to an activating group) is 1. The summed E-state index contributed by atoms with van der Waals surface area (Å²) in [5.74, 6) is 0.992. The molecule has 0 saturated heterocycles. The lowest BCUT2D eigenvalue weighted by Gasteiger charge is -2.20. The van der Waals surface area contributed by atoms with Crippen LogP contribution in [0.4, 0.5) is 17.1 Å². The Morgan fingerprint density at radius 3 is 1.59 bits per heavy atom. The SMILES string of the molecule is CC.CC.CC.CC.CN(C(=N)Cc1cccc(SSc2cccc(N=C(N)N(C)c3ccccc3)c2)c1)c1ccccc1. The van der Waals surface area contributed by atoms with Crippen LogP contribution in [0.1, 0.15) is 61.0 Å². The van der Waals surface area contributed by atoms with Gasteiger partial charge in [-0.05, 0) is 60.2 Å². The van der Waals surface area contributed by atoms with Crippen LogP contribution in [0.15, 0.2) is 124 Å². The van der Waals surface area contributed by atoms with Gasteiger partial charge < -0.3 is 15.5 Å². The third-order valence-corrected chi connectivity index (χ3v) is 7.98.